The average molecular weight is 1760 g/mol. The van der Waals surface area contributed by atoms with Crippen molar-refractivity contribution < 1.29 is 0 Å². The van der Waals surface area contributed by atoms with Crippen molar-refractivity contribution in [3.05, 3.63) is 456 Å². The minimum absolute atomic E-state index is 0.488. The van der Waals surface area contributed by atoms with E-state index in [4.69, 9.17) is 0 Å². The number of allylic oxidation sites excluding steroid dienone is 2. The third-order valence-corrected chi connectivity index (χ3v) is 28.1. The minimum Gasteiger partial charge on any atom is -0.103 e. The van der Waals surface area contributed by atoms with Crippen LogP contribution in [0.1, 0.15) is 406 Å². The zero-order valence-corrected chi connectivity index (χ0v) is 83.4. The first-order valence-electron chi connectivity index (χ1n) is 53.1. The van der Waals surface area contributed by atoms with E-state index >= 15 is 0 Å². The molecule has 0 fully saturated rings. The van der Waals surface area contributed by atoms with Gasteiger partial charge in [-0.25, -0.2) is 0 Å². The van der Waals surface area contributed by atoms with Crippen molar-refractivity contribution in [3.63, 3.8) is 0 Å². The SMILES string of the molecule is C=CCCCC(CC(CC(CCCC(CC(CCCC)c1ccccc1)c1ccccc1)CC(CC(CCCCC)c1ccccc1)c1ccccc1)c1ccccc1)c1ccccc1.C=CCCCC(CC(CCCCC)c1ccccc1)c1ccccc1.CC.CCCCCC(CCc1ccccc1)c1ccccc1.CCCCCC(CCc1ccccc1)c1ccccc1. The fourth-order valence-electron chi connectivity index (χ4n) is 20.6. The molecule has 0 aromatic heterocycles. The van der Waals surface area contributed by atoms with Crippen molar-refractivity contribution in [1.82, 2.24) is 0 Å². The summed E-state index contributed by atoms with van der Waals surface area (Å²) in [7, 11) is 0. The van der Waals surface area contributed by atoms with Crippen molar-refractivity contribution in [1.29, 1.82) is 0 Å². The van der Waals surface area contributed by atoms with Gasteiger partial charge in [0.25, 0.3) is 0 Å². The van der Waals surface area contributed by atoms with Crippen LogP contribution in [0.15, 0.2) is 389 Å². The Kier molecular flexibility index (Phi) is 56.2. The molecular weight excluding hydrogens is 1590 g/mol. The van der Waals surface area contributed by atoms with Gasteiger partial charge >= 0.3 is 0 Å². The van der Waals surface area contributed by atoms with E-state index < -0.39 is 0 Å². The molecule has 12 aromatic rings. The van der Waals surface area contributed by atoms with E-state index in [0.717, 1.165) is 12.8 Å². The standard InChI is InChI=1S/C65H82.C25H34.2C20H26.C2H6/c1-4-7-16-45-61(55-35-20-11-21-36-55)51-64(58-41-26-14-27-42-58)48-53(49-65(59-43-28-15-29-44-59)52-62(46-17-8-5-2)56-37-22-12-23-38-56)31-30-47-63(57-39-24-13-25-40-57)50-60(32-9-6-3)54-33-18-10-19-34-54;1-3-5-9-19-24(22-15-11-7-12-16-22)21-25(20-10-6-4-2)23-17-13-8-14-18-23;2*1-2-3-6-13-20(19-14-9-5-10-15-19)17-16-18-11-7-4-8-12-18;1-2/h4,10-15,18-29,33-44,53,60-65H,1,5-9,16-17,30-32,45-52H2,2-3H3;3,7-8,11-18,24-25H,1,4-6,9-10,19-21H2,2H3;2*4-5,7-12,14-15,20H,2-3,6,13,16-17H2,1H3;1-2H3. The molecular formula is C132H174. The van der Waals surface area contributed by atoms with Gasteiger partial charge in [-0.05, 0) is 273 Å². The molecule has 0 N–H and O–H groups in total. The number of hydrogen-bond donors (Lipinski definition) is 0. The van der Waals surface area contributed by atoms with Gasteiger partial charge in [0, 0.05) is 0 Å². The van der Waals surface area contributed by atoms with Crippen molar-refractivity contribution in [2.24, 2.45) is 5.92 Å². The van der Waals surface area contributed by atoms with E-state index in [1.807, 2.05) is 13.8 Å². The van der Waals surface area contributed by atoms with E-state index in [1.165, 1.54) is 298 Å². The Morgan fingerprint density at radius 2 is 0.356 bits per heavy atom. The molecule has 0 heterocycles. The first kappa shape index (κ1) is 107. The maximum absolute atomic E-state index is 4.10. The van der Waals surface area contributed by atoms with Crippen molar-refractivity contribution in [2.45, 2.75) is 352 Å². The molecule has 0 bridgehead atoms. The molecule has 0 nitrogen and oxygen atoms in total. The highest BCUT2D eigenvalue weighted by atomic mass is 14.3. The van der Waals surface area contributed by atoms with Crippen LogP contribution in [0, 0.1) is 5.92 Å². The van der Waals surface area contributed by atoms with Crippen LogP contribution in [0.5, 0.6) is 0 Å². The van der Waals surface area contributed by atoms with Crippen LogP contribution in [0.25, 0.3) is 0 Å². The summed E-state index contributed by atoms with van der Waals surface area (Å²) in [5, 5.41) is 0. The topological polar surface area (TPSA) is 0 Å². The zero-order valence-electron chi connectivity index (χ0n) is 83.4. The fraction of sp³-hybridized carbons (Fsp3) is 0.424. The van der Waals surface area contributed by atoms with E-state index in [1.54, 1.807) is 0 Å². The van der Waals surface area contributed by atoms with Crippen LogP contribution < -0.4 is 0 Å². The van der Waals surface area contributed by atoms with Crippen LogP contribution in [-0.4, -0.2) is 0 Å². The van der Waals surface area contributed by atoms with Gasteiger partial charge in [0.2, 0.25) is 0 Å². The van der Waals surface area contributed by atoms with Crippen LogP contribution in [0.3, 0.4) is 0 Å². The Labute approximate surface area is 808 Å². The van der Waals surface area contributed by atoms with Gasteiger partial charge < -0.3 is 0 Å². The fourth-order valence-corrected chi connectivity index (χ4v) is 20.6. The molecule has 702 valence electrons. The highest BCUT2D eigenvalue weighted by Gasteiger charge is 2.30. The van der Waals surface area contributed by atoms with Gasteiger partial charge in [-0.3, -0.25) is 0 Å². The molecule has 0 heteroatoms. The highest BCUT2D eigenvalue weighted by Crippen LogP contribution is 2.46. The summed E-state index contributed by atoms with van der Waals surface area (Å²) in [5.74, 6) is 6.54. The number of benzene rings is 12. The molecule has 0 spiro atoms. The van der Waals surface area contributed by atoms with Crippen molar-refractivity contribution in [3.8, 4) is 0 Å². The monoisotopic (exact) mass is 1760 g/mol. The molecule has 0 aliphatic heterocycles. The Balaban J connectivity index is 0.000000258. The van der Waals surface area contributed by atoms with Gasteiger partial charge in [0.05, 0.1) is 0 Å². The lowest BCUT2D eigenvalue weighted by Crippen LogP contribution is -2.17. The molecule has 0 aliphatic carbocycles. The number of rotatable bonds is 59. The third kappa shape index (κ3) is 42.6. The maximum Gasteiger partial charge on any atom is -0.0154 e. The van der Waals surface area contributed by atoms with E-state index in [-0.39, 0.29) is 0 Å². The lowest BCUT2D eigenvalue weighted by atomic mass is 9.72. The Morgan fingerprint density at radius 1 is 0.174 bits per heavy atom. The predicted molar refractivity (Wildman–Crippen MR) is 582 cm³/mol. The van der Waals surface area contributed by atoms with Gasteiger partial charge in [-0.15, -0.1) is 13.2 Å². The smallest absolute Gasteiger partial charge is 0.0154 e. The van der Waals surface area contributed by atoms with Crippen LogP contribution in [0.4, 0.5) is 0 Å². The first-order chi connectivity index (χ1) is 65.3. The third-order valence-electron chi connectivity index (χ3n) is 28.1. The zero-order chi connectivity index (χ0) is 93.0. The van der Waals surface area contributed by atoms with Gasteiger partial charge in [-0.1, -0.05) is 527 Å². The molecule has 132 heavy (non-hydrogen) atoms. The highest BCUT2D eigenvalue weighted by molar-refractivity contribution is 5.31. The van der Waals surface area contributed by atoms with Crippen molar-refractivity contribution >= 4 is 0 Å². The van der Waals surface area contributed by atoms with Crippen molar-refractivity contribution in [2.75, 3.05) is 0 Å². The molecule has 0 saturated heterocycles. The van der Waals surface area contributed by atoms with Gasteiger partial charge in [0.15, 0.2) is 0 Å². The molecule has 0 aliphatic rings. The van der Waals surface area contributed by atoms with E-state index in [2.05, 4.69) is 424 Å². The molecule has 12 aromatic carbocycles. The summed E-state index contributed by atoms with van der Waals surface area (Å²) >= 11 is 0. The normalized spacial score (nSPS) is 13.5. The molecule has 0 saturated carbocycles. The minimum atomic E-state index is 0.488. The predicted octanol–water partition coefficient (Wildman–Crippen LogP) is 40.4. The van der Waals surface area contributed by atoms with E-state index in [9.17, 15) is 0 Å². The Hall–Kier alpha value is -9.88. The van der Waals surface area contributed by atoms with Gasteiger partial charge in [0.1, 0.15) is 0 Å². The molecule has 11 unspecified atom stereocenters. The molecule has 0 amide bonds. The van der Waals surface area contributed by atoms with E-state index in [0.29, 0.717) is 65.1 Å². The molecule has 11 atom stereocenters. The summed E-state index contributed by atoms with van der Waals surface area (Å²) in [6, 6.07) is 135. The van der Waals surface area contributed by atoms with Crippen LogP contribution >= 0.6 is 0 Å². The van der Waals surface area contributed by atoms with Crippen LogP contribution in [0.2, 0.25) is 0 Å². The largest absolute Gasteiger partial charge is 0.103 e. The second kappa shape index (κ2) is 69.0. The number of aryl methyl sites for hydroxylation is 2. The second-order valence-electron chi connectivity index (χ2n) is 37.9. The summed E-state index contributed by atoms with van der Waals surface area (Å²) in [6.45, 7) is 23.5. The summed E-state index contributed by atoms with van der Waals surface area (Å²) in [4.78, 5) is 0. The Morgan fingerprint density at radius 3 is 0.583 bits per heavy atom. The lowest BCUT2D eigenvalue weighted by Gasteiger charge is -2.32. The summed E-state index contributed by atoms with van der Waals surface area (Å²) in [5.41, 5.74) is 18.1. The quantitative estimate of drug-likeness (QED) is 0.0263. The first-order valence-corrected chi connectivity index (χ1v) is 53.1. The van der Waals surface area contributed by atoms with Gasteiger partial charge in [-0.2, -0.15) is 0 Å². The Bertz CT molecular complexity index is 4540. The molecule has 0 radical (unpaired) electrons. The summed E-state index contributed by atoms with van der Waals surface area (Å²) < 4.78 is 0. The second-order valence-corrected chi connectivity index (χ2v) is 37.9. The lowest BCUT2D eigenvalue weighted by molar-refractivity contribution is 0.308. The summed E-state index contributed by atoms with van der Waals surface area (Å²) in [6.07, 6.45) is 52.1. The number of hydrogen-bond acceptors (Lipinski definition) is 0. The number of unbranched alkanes of at least 4 members (excludes halogenated alkanes) is 11. The van der Waals surface area contributed by atoms with Crippen LogP contribution in [-0.2, 0) is 12.8 Å². The average Bonchev–Trinajstić information content (AvgIpc) is 0.824. The molecule has 12 rings (SSSR count). The maximum atomic E-state index is 4.10.